The molecule has 0 aliphatic heterocycles. The molecule has 0 bridgehead atoms. The number of hydrogen-bond acceptors (Lipinski definition) is 6. The minimum Gasteiger partial charge on any atom is -0.462 e. The van der Waals surface area contributed by atoms with Gasteiger partial charge < -0.3 is 19.3 Å². The number of rotatable bonds is 37. The average Bonchev–Trinajstić information content (AvgIpc) is 3.11. The van der Waals surface area contributed by atoms with E-state index in [-0.39, 0.29) is 19.4 Å². The van der Waals surface area contributed by atoms with Gasteiger partial charge in [0.05, 0.1) is 6.61 Å². The van der Waals surface area contributed by atoms with E-state index in [4.69, 9.17) is 19.3 Å². The minimum atomic E-state index is -4.77. The maximum atomic E-state index is 12.3. The molecule has 0 radical (unpaired) electrons. The fourth-order valence-corrected chi connectivity index (χ4v) is 5.91. The summed E-state index contributed by atoms with van der Waals surface area (Å²) < 4.78 is 26.3. The molecule has 0 aliphatic rings. The van der Waals surface area contributed by atoms with Crippen molar-refractivity contribution in [3.05, 3.63) is 60.8 Å². The van der Waals surface area contributed by atoms with Gasteiger partial charge in [-0.25, -0.2) is 4.57 Å². The average molecular weight is 751 g/mol. The van der Waals surface area contributed by atoms with E-state index in [0.29, 0.717) is 12.8 Å². The van der Waals surface area contributed by atoms with Crippen molar-refractivity contribution in [2.24, 2.45) is 0 Å². The molecule has 52 heavy (non-hydrogen) atoms. The van der Waals surface area contributed by atoms with Crippen LogP contribution in [0.1, 0.15) is 181 Å². The van der Waals surface area contributed by atoms with Crippen LogP contribution in [0, 0.1) is 0 Å². The van der Waals surface area contributed by atoms with E-state index in [9.17, 15) is 14.2 Å². The molecule has 0 amide bonds. The monoisotopic (exact) mass is 751 g/mol. The van der Waals surface area contributed by atoms with Crippen LogP contribution in [0.4, 0.5) is 0 Å². The second-order valence-electron chi connectivity index (χ2n) is 13.7. The third-order valence-electron chi connectivity index (χ3n) is 8.61. The first-order valence-corrected chi connectivity index (χ1v) is 22.2. The number of hydrogen-bond donors (Lipinski definition) is 2. The van der Waals surface area contributed by atoms with Gasteiger partial charge in [0.15, 0.2) is 6.10 Å². The normalized spacial score (nSPS) is 13.1. The Bertz CT molecular complexity index is 1030. The number of ether oxygens (including phenoxy) is 2. The maximum absolute atomic E-state index is 12.3. The lowest BCUT2D eigenvalue weighted by Gasteiger charge is -2.18. The van der Waals surface area contributed by atoms with Crippen molar-refractivity contribution in [2.45, 2.75) is 187 Å². The molecule has 0 aliphatic carbocycles. The van der Waals surface area contributed by atoms with E-state index >= 15 is 0 Å². The second kappa shape index (κ2) is 38.5. The maximum Gasteiger partial charge on any atom is 0.469 e. The summed E-state index contributed by atoms with van der Waals surface area (Å²) in [6, 6.07) is 0. The van der Waals surface area contributed by atoms with Crippen molar-refractivity contribution in [1.82, 2.24) is 0 Å². The number of allylic oxidation sites excluding steroid dienone is 10. The highest BCUT2D eigenvalue weighted by molar-refractivity contribution is 7.46. The molecule has 0 aromatic heterocycles. The molecule has 0 saturated heterocycles. The Morgan fingerprint density at radius 3 is 1.46 bits per heavy atom. The smallest absolute Gasteiger partial charge is 0.462 e. The molecule has 0 rings (SSSR count). The van der Waals surface area contributed by atoms with Crippen LogP contribution in [0.15, 0.2) is 60.8 Å². The second-order valence-corrected chi connectivity index (χ2v) is 14.9. The Balaban J connectivity index is 3.93. The standard InChI is InChI=1S/C43H75O8P/c1-3-5-7-9-11-13-15-17-18-19-20-21-22-23-24-26-27-29-31-33-35-37-42(44)49-39-41(40-50-52(46,47)48)51-43(45)38-36-34-32-30-28-25-16-14-12-10-8-6-4-2/h6,8,10,12,14,16,21-22,25,28,41H,3-5,7,9,11,13,15,17-20,23-24,26-27,29-40H2,1-2H3,(H2,46,47,48)/b8-6+,12-10+,16-14+,22-21+,28-25+. The quantitative estimate of drug-likeness (QED) is 0.0212. The lowest BCUT2D eigenvalue weighted by atomic mass is 10.1. The third kappa shape index (κ3) is 40.5. The topological polar surface area (TPSA) is 119 Å². The van der Waals surface area contributed by atoms with Gasteiger partial charge in [-0.05, 0) is 57.8 Å². The van der Waals surface area contributed by atoms with Crippen LogP contribution in [0.25, 0.3) is 0 Å². The van der Waals surface area contributed by atoms with Crippen LogP contribution in [-0.2, 0) is 28.2 Å². The van der Waals surface area contributed by atoms with Crippen LogP contribution in [0.5, 0.6) is 0 Å². The highest BCUT2D eigenvalue weighted by Crippen LogP contribution is 2.36. The molecule has 0 aromatic carbocycles. The lowest BCUT2D eigenvalue weighted by molar-refractivity contribution is -0.161. The van der Waals surface area contributed by atoms with Gasteiger partial charge in [0.25, 0.3) is 0 Å². The van der Waals surface area contributed by atoms with Crippen molar-refractivity contribution < 1.29 is 37.9 Å². The summed E-state index contributed by atoms with van der Waals surface area (Å²) in [4.78, 5) is 42.8. The van der Waals surface area contributed by atoms with E-state index in [2.05, 4.69) is 42.7 Å². The molecule has 0 spiro atoms. The Morgan fingerprint density at radius 1 is 0.519 bits per heavy atom. The van der Waals surface area contributed by atoms with Gasteiger partial charge in [-0.2, -0.15) is 0 Å². The summed E-state index contributed by atoms with van der Waals surface area (Å²) in [6.07, 6.45) is 48.1. The first kappa shape index (κ1) is 49.8. The number of phosphoric acid groups is 1. The van der Waals surface area contributed by atoms with Gasteiger partial charge in [-0.3, -0.25) is 14.1 Å². The summed E-state index contributed by atoms with van der Waals surface area (Å²) in [5.74, 6) is -0.938. The summed E-state index contributed by atoms with van der Waals surface area (Å²) in [5, 5.41) is 0. The fourth-order valence-electron chi connectivity index (χ4n) is 5.55. The SMILES string of the molecule is CC/C=C/C=C/C=C/C=C/CCCCCC(=O)OC(COC(=O)CCCCCCCCC/C=C/CCCCCCCCCCCC)COP(=O)(O)O. The van der Waals surface area contributed by atoms with Gasteiger partial charge in [-0.15, -0.1) is 0 Å². The van der Waals surface area contributed by atoms with Gasteiger partial charge in [-0.1, -0.05) is 171 Å². The van der Waals surface area contributed by atoms with E-state index < -0.39 is 32.5 Å². The van der Waals surface area contributed by atoms with Crippen molar-refractivity contribution in [1.29, 1.82) is 0 Å². The molecule has 300 valence electrons. The Kier molecular flexibility index (Phi) is 36.8. The number of unbranched alkanes of at least 4 members (excludes halogenated alkanes) is 20. The molecule has 8 nitrogen and oxygen atoms in total. The van der Waals surface area contributed by atoms with Crippen LogP contribution in [-0.4, -0.2) is 41.0 Å². The Morgan fingerprint density at radius 2 is 0.942 bits per heavy atom. The first-order valence-electron chi connectivity index (χ1n) is 20.6. The van der Waals surface area contributed by atoms with Crippen molar-refractivity contribution >= 4 is 19.8 Å². The van der Waals surface area contributed by atoms with E-state index in [1.54, 1.807) is 0 Å². The van der Waals surface area contributed by atoms with E-state index in [1.165, 1.54) is 89.9 Å². The molecular weight excluding hydrogens is 675 g/mol. The van der Waals surface area contributed by atoms with Gasteiger partial charge >= 0.3 is 19.8 Å². The molecule has 1 unspecified atom stereocenters. The summed E-state index contributed by atoms with van der Waals surface area (Å²) in [7, 11) is -4.77. The largest absolute Gasteiger partial charge is 0.469 e. The van der Waals surface area contributed by atoms with Gasteiger partial charge in [0.2, 0.25) is 0 Å². The molecule has 9 heteroatoms. The molecule has 0 saturated carbocycles. The van der Waals surface area contributed by atoms with Crippen LogP contribution in [0.3, 0.4) is 0 Å². The predicted molar refractivity (Wildman–Crippen MR) is 216 cm³/mol. The van der Waals surface area contributed by atoms with Crippen molar-refractivity contribution in [3.63, 3.8) is 0 Å². The highest BCUT2D eigenvalue weighted by Gasteiger charge is 2.22. The summed E-state index contributed by atoms with van der Waals surface area (Å²) in [5.41, 5.74) is 0. The predicted octanol–water partition coefficient (Wildman–Crippen LogP) is 12.5. The summed E-state index contributed by atoms with van der Waals surface area (Å²) in [6.45, 7) is 3.50. The number of carbonyl (C=O) groups is 2. The van der Waals surface area contributed by atoms with Crippen LogP contribution >= 0.6 is 7.82 Å². The van der Waals surface area contributed by atoms with Crippen LogP contribution < -0.4 is 0 Å². The minimum absolute atomic E-state index is 0.163. The molecule has 0 aromatic rings. The number of esters is 2. The third-order valence-corrected chi connectivity index (χ3v) is 9.10. The molecular formula is C43H75O8P. The number of carbonyl (C=O) groups excluding carboxylic acids is 2. The zero-order chi connectivity index (χ0) is 38.2. The first-order chi connectivity index (χ1) is 25.3. The Labute approximate surface area is 317 Å². The molecule has 1 atom stereocenters. The zero-order valence-corrected chi connectivity index (χ0v) is 33.8. The number of phosphoric ester groups is 1. The van der Waals surface area contributed by atoms with Crippen molar-refractivity contribution in [3.8, 4) is 0 Å². The lowest BCUT2D eigenvalue weighted by Crippen LogP contribution is -2.29. The highest BCUT2D eigenvalue weighted by atomic mass is 31.2. The van der Waals surface area contributed by atoms with E-state index in [1.807, 2.05) is 36.5 Å². The van der Waals surface area contributed by atoms with Gasteiger partial charge in [0, 0.05) is 12.8 Å². The van der Waals surface area contributed by atoms with Gasteiger partial charge in [0.1, 0.15) is 6.61 Å². The van der Waals surface area contributed by atoms with Crippen LogP contribution in [0.2, 0.25) is 0 Å². The molecule has 0 heterocycles. The van der Waals surface area contributed by atoms with Crippen molar-refractivity contribution in [2.75, 3.05) is 13.2 Å². The zero-order valence-electron chi connectivity index (χ0n) is 32.9. The molecule has 0 fully saturated rings. The van der Waals surface area contributed by atoms with E-state index in [0.717, 1.165) is 51.4 Å². The fraction of sp³-hybridized carbons (Fsp3) is 0.721. The Hall–Kier alpha value is -2.25. The summed E-state index contributed by atoms with van der Waals surface area (Å²) >= 11 is 0. The molecule has 2 N–H and O–H groups in total.